The normalized spacial score (nSPS) is 10.8. The zero-order valence-electron chi connectivity index (χ0n) is 16.6. The highest BCUT2D eigenvalue weighted by Gasteiger charge is 2.19. The summed E-state index contributed by atoms with van der Waals surface area (Å²) in [5.74, 6) is 1.09. The van der Waals surface area contributed by atoms with Gasteiger partial charge in [0.1, 0.15) is 11.6 Å². The predicted octanol–water partition coefficient (Wildman–Crippen LogP) is 4.73. The number of fused-ring (bicyclic) bond motifs is 1. The fourth-order valence-electron chi connectivity index (χ4n) is 3.41. The van der Waals surface area contributed by atoms with E-state index < -0.39 is 0 Å². The molecule has 0 atom stereocenters. The topological polar surface area (TPSA) is 60.3 Å². The maximum Gasteiger partial charge on any atom is 0.225 e. The summed E-state index contributed by atoms with van der Waals surface area (Å²) in [6.07, 6.45) is 3.33. The third kappa shape index (κ3) is 3.93. The number of anilines is 1. The quantitative estimate of drug-likeness (QED) is 0.605. The Kier molecular flexibility index (Phi) is 6.14. The lowest BCUT2D eigenvalue weighted by Gasteiger charge is -2.18. The number of nitrogens with zero attached hydrogens (tertiary/aromatic N) is 1. The van der Waals surface area contributed by atoms with Gasteiger partial charge in [0.05, 0.1) is 18.2 Å². The van der Waals surface area contributed by atoms with Gasteiger partial charge in [0.25, 0.3) is 0 Å². The summed E-state index contributed by atoms with van der Waals surface area (Å²) in [4.78, 5) is 25.9. The molecule has 1 amide bonds. The second kappa shape index (κ2) is 8.74. The number of para-hydroxylation sites is 1. The number of ether oxygens (including phenoxy) is 1. The first kappa shape index (κ1) is 19.7. The zero-order chi connectivity index (χ0) is 20.1. The maximum atomic E-state index is 13.3. The van der Waals surface area contributed by atoms with E-state index in [1.165, 1.54) is 0 Å². The van der Waals surface area contributed by atoms with Crippen molar-refractivity contribution in [3.8, 4) is 16.9 Å². The van der Waals surface area contributed by atoms with Crippen molar-refractivity contribution in [1.82, 2.24) is 4.57 Å². The number of aryl methyl sites for hydroxylation is 1. The molecule has 1 N–H and O–H groups in total. The van der Waals surface area contributed by atoms with Crippen molar-refractivity contribution in [2.45, 2.75) is 32.6 Å². The summed E-state index contributed by atoms with van der Waals surface area (Å²) in [6, 6.07) is 14.8. The van der Waals surface area contributed by atoms with Gasteiger partial charge >= 0.3 is 0 Å². The Balaban J connectivity index is 2.18. The predicted molar refractivity (Wildman–Crippen MR) is 114 cm³/mol. The molecule has 0 radical (unpaired) electrons. The minimum Gasteiger partial charge on any atom is -0.497 e. The van der Waals surface area contributed by atoms with Crippen LogP contribution in [0.3, 0.4) is 0 Å². The Hall–Kier alpha value is -3.08. The third-order valence-corrected chi connectivity index (χ3v) is 4.93. The van der Waals surface area contributed by atoms with Crippen LogP contribution in [0.2, 0.25) is 0 Å². The number of benzene rings is 2. The fourth-order valence-corrected chi connectivity index (χ4v) is 3.41. The highest BCUT2D eigenvalue weighted by atomic mass is 16.5. The monoisotopic (exact) mass is 378 g/mol. The molecule has 5 nitrogen and oxygen atoms in total. The SMILES string of the molecule is CCCCCC(=O)Nc1c(-c2cccc(OC)c2)c(=O)c2ccccc2n1C. The Morgan fingerprint density at radius 1 is 1.11 bits per heavy atom. The van der Waals surface area contributed by atoms with Gasteiger partial charge in [-0.3, -0.25) is 9.59 Å². The number of rotatable bonds is 7. The number of unbranched alkanes of at least 4 members (excludes halogenated alkanes) is 2. The summed E-state index contributed by atoms with van der Waals surface area (Å²) in [5, 5.41) is 3.61. The molecule has 2 aromatic carbocycles. The van der Waals surface area contributed by atoms with Crippen LogP contribution in [0.15, 0.2) is 53.3 Å². The first-order valence-electron chi connectivity index (χ1n) is 9.62. The standard InChI is InChI=1S/C23H26N2O3/c1-4-5-6-14-20(26)24-23-21(16-10-9-11-17(15-16)28-3)22(27)18-12-7-8-13-19(18)25(23)2/h7-13,15H,4-6,14H2,1-3H3,(H,24,26). The highest BCUT2D eigenvalue weighted by Crippen LogP contribution is 2.30. The van der Waals surface area contributed by atoms with Crippen molar-refractivity contribution in [1.29, 1.82) is 0 Å². The largest absolute Gasteiger partial charge is 0.497 e. The van der Waals surface area contributed by atoms with Gasteiger partial charge in [-0.25, -0.2) is 0 Å². The van der Waals surface area contributed by atoms with Crippen LogP contribution in [0, 0.1) is 0 Å². The molecule has 0 fully saturated rings. The third-order valence-electron chi connectivity index (χ3n) is 4.93. The smallest absolute Gasteiger partial charge is 0.225 e. The van der Waals surface area contributed by atoms with Gasteiger partial charge in [0, 0.05) is 18.9 Å². The second-order valence-electron chi connectivity index (χ2n) is 6.87. The molecule has 0 aliphatic rings. The number of carbonyl (C=O) groups is 1. The van der Waals surface area contributed by atoms with Crippen molar-refractivity contribution in [3.63, 3.8) is 0 Å². The number of aromatic nitrogens is 1. The number of nitrogens with one attached hydrogen (secondary N) is 1. The zero-order valence-corrected chi connectivity index (χ0v) is 16.6. The molecule has 1 heterocycles. The van der Waals surface area contributed by atoms with E-state index in [0.717, 1.165) is 30.3 Å². The van der Waals surface area contributed by atoms with Crippen LogP contribution >= 0.6 is 0 Å². The van der Waals surface area contributed by atoms with E-state index >= 15 is 0 Å². The lowest BCUT2D eigenvalue weighted by atomic mass is 10.0. The number of pyridine rings is 1. The second-order valence-corrected chi connectivity index (χ2v) is 6.87. The van der Waals surface area contributed by atoms with E-state index in [9.17, 15) is 9.59 Å². The summed E-state index contributed by atoms with van der Waals surface area (Å²) in [5.41, 5.74) is 1.87. The molecule has 0 spiro atoms. The van der Waals surface area contributed by atoms with Crippen LogP contribution in [0.25, 0.3) is 22.0 Å². The summed E-state index contributed by atoms with van der Waals surface area (Å²) in [6.45, 7) is 2.10. The molecule has 1 aromatic heterocycles. The Morgan fingerprint density at radius 2 is 1.89 bits per heavy atom. The summed E-state index contributed by atoms with van der Waals surface area (Å²) >= 11 is 0. The van der Waals surface area contributed by atoms with Crippen LogP contribution in [-0.2, 0) is 11.8 Å². The highest BCUT2D eigenvalue weighted by molar-refractivity contribution is 5.98. The lowest BCUT2D eigenvalue weighted by molar-refractivity contribution is -0.116. The molecule has 0 aliphatic heterocycles. The van der Waals surface area contributed by atoms with Crippen molar-refractivity contribution in [2.24, 2.45) is 7.05 Å². The number of methoxy groups -OCH3 is 1. The molecule has 0 unspecified atom stereocenters. The van der Waals surface area contributed by atoms with E-state index in [-0.39, 0.29) is 11.3 Å². The van der Waals surface area contributed by atoms with E-state index in [0.29, 0.717) is 28.9 Å². The maximum absolute atomic E-state index is 13.3. The van der Waals surface area contributed by atoms with Gasteiger partial charge < -0.3 is 14.6 Å². The molecule has 3 rings (SSSR count). The van der Waals surface area contributed by atoms with Gasteiger partial charge in [0.2, 0.25) is 5.91 Å². The van der Waals surface area contributed by atoms with Crippen molar-refractivity contribution < 1.29 is 9.53 Å². The van der Waals surface area contributed by atoms with Gasteiger partial charge in [-0.1, -0.05) is 44.0 Å². The molecule has 28 heavy (non-hydrogen) atoms. The van der Waals surface area contributed by atoms with E-state index in [1.807, 2.05) is 60.1 Å². The van der Waals surface area contributed by atoms with Gasteiger partial charge in [-0.05, 0) is 36.2 Å². The molecular formula is C23H26N2O3. The Morgan fingerprint density at radius 3 is 2.64 bits per heavy atom. The fraction of sp³-hybridized carbons (Fsp3) is 0.304. The van der Waals surface area contributed by atoms with Crippen LogP contribution in [-0.4, -0.2) is 17.6 Å². The molecule has 3 aromatic rings. The van der Waals surface area contributed by atoms with Crippen LogP contribution in [0.5, 0.6) is 5.75 Å². The molecular weight excluding hydrogens is 352 g/mol. The van der Waals surface area contributed by atoms with E-state index in [1.54, 1.807) is 7.11 Å². The van der Waals surface area contributed by atoms with Crippen LogP contribution < -0.4 is 15.5 Å². The summed E-state index contributed by atoms with van der Waals surface area (Å²) in [7, 11) is 3.46. The number of hydrogen-bond acceptors (Lipinski definition) is 3. The van der Waals surface area contributed by atoms with E-state index in [2.05, 4.69) is 12.2 Å². The Bertz CT molecular complexity index is 1050. The number of amides is 1. The van der Waals surface area contributed by atoms with Gasteiger partial charge in [-0.2, -0.15) is 0 Å². The molecule has 5 heteroatoms. The molecule has 0 bridgehead atoms. The van der Waals surface area contributed by atoms with Crippen LogP contribution in [0.1, 0.15) is 32.6 Å². The average molecular weight is 378 g/mol. The lowest BCUT2D eigenvalue weighted by Crippen LogP contribution is -2.21. The number of carbonyl (C=O) groups excluding carboxylic acids is 1. The van der Waals surface area contributed by atoms with Crippen molar-refractivity contribution in [2.75, 3.05) is 12.4 Å². The van der Waals surface area contributed by atoms with E-state index in [4.69, 9.17) is 4.74 Å². The Labute approximate surface area is 165 Å². The minimum atomic E-state index is -0.106. The molecule has 0 aliphatic carbocycles. The van der Waals surface area contributed by atoms with Crippen molar-refractivity contribution >= 4 is 22.6 Å². The average Bonchev–Trinajstić information content (AvgIpc) is 2.72. The summed E-state index contributed by atoms with van der Waals surface area (Å²) < 4.78 is 7.20. The first-order chi connectivity index (χ1) is 13.6. The molecule has 0 saturated carbocycles. The van der Waals surface area contributed by atoms with Crippen LogP contribution in [0.4, 0.5) is 5.82 Å². The molecule has 0 saturated heterocycles. The first-order valence-corrected chi connectivity index (χ1v) is 9.62. The number of hydrogen-bond donors (Lipinski definition) is 1. The minimum absolute atomic E-state index is 0.0807. The molecule has 146 valence electrons. The van der Waals surface area contributed by atoms with Gasteiger partial charge in [-0.15, -0.1) is 0 Å². The van der Waals surface area contributed by atoms with Gasteiger partial charge in [0.15, 0.2) is 5.43 Å². The van der Waals surface area contributed by atoms with Crippen molar-refractivity contribution in [3.05, 3.63) is 58.8 Å².